The minimum atomic E-state index is 0.339. The molecule has 3 aliphatic rings. The lowest BCUT2D eigenvalue weighted by atomic mass is 9.97. The number of anilines is 4. The molecule has 2 bridgehead atoms. The van der Waals surface area contributed by atoms with Gasteiger partial charge in [-0.2, -0.15) is 20.3 Å². The van der Waals surface area contributed by atoms with E-state index < -0.39 is 0 Å². The minimum Gasteiger partial charge on any atom is -0.378 e. The lowest BCUT2D eigenvalue weighted by molar-refractivity contribution is 0.122. The van der Waals surface area contributed by atoms with Crippen molar-refractivity contribution in [1.29, 1.82) is 5.26 Å². The highest BCUT2D eigenvalue weighted by atomic mass is 16.5. The van der Waals surface area contributed by atoms with Crippen LogP contribution < -0.4 is 15.5 Å². The van der Waals surface area contributed by atoms with Crippen LogP contribution in [-0.4, -0.2) is 76.0 Å². The van der Waals surface area contributed by atoms with Crippen molar-refractivity contribution in [3.05, 3.63) is 17.8 Å². The van der Waals surface area contributed by atoms with Crippen LogP contribution in [0.5, 0.6) is 0 Å². The predicted molar refractivity (Wildman–Crippen MR) is 122 cm³/mol. The molecule has 0 radical (unpaired) electrons. The summed E-state index contributed by atoms with van der Waals surface area (Å²) in [5.41, 5.74) is 0.993. The summed E-state index contributed by atoms with van der Waals surface area (Å²) in [4.78, 5) is 14.4. The van der Waals surface area contributed by atoms with E-state index in [2.05, 4.69) is 36.7 Å². The number of H-pyrrole nitrogens is 1. The molecule has 3 N–H and O–H groups in total. The highest BCUT2D eigenvalue weighted by Crippen LogP contribution is 2.36. The third kappa shape index (κ3) is 4.64. The standard InChI is InChI=1S/C22H31N9O/c1-15-11-20(29-28-15)25-19-14-21(30-7-9-32-10-8-30)27-22(26-19)24-16-12-17-3-4-18(13-16)31(17)6-2-5-23/h11,14,16-18H,2-4,6-10,12-13H2,1H3,(H3,24,25,26,27,28,29)/t16-,17-,18+. The van der Waals surface area contributed by atoms with E-state index in [4.69, 9.17) is 20.0 Å². The van der Waals surface area contributed by atoms with Crippen LogP contribution >= 0.6 is 0 Å². The lowest BCUT2D eigenvalue weighted by Crippen LogP contribution is -2.47. The molecule has 10 heteroatoms. The number of hydrogen-bond acceptors (Lipinski definition) is 9. The Balaban J connectivity index is 1.33. The van der Waals surface area contributed by atoms with Gasteiger partial charge in [0.2, 0.25) is 5.95 Å². The molecule has 32 heavy (non-hydrogen) atoms. The summed E-state index contributed by atoms with van der Waals surface area (Å²) in [7, 11) is 0. The van der Waals surface area contributed by atoms with Crippen molar-refractivity contribution in [3.63, 3.8) is 0 Å². The van der Waals surface area contributed by atoms with Crippen LogP contribution in [0.1, 0.15) is 37.8 Å². The molecule has 170 valence electrons. The van der Waals surface area contributed by atoms with Crippen LogP contribution in [0.3, 0.4) is 0 Å². The van der Waals surface area contributed by atoms with Crippen molar-refractivity contribution in [1.82, 2.24) is 25.1 Å². The molecule has 3 aliphatic heterocycles. The van der Waals surface area contributed by atoms with Crippen molar-refractivity contribution in [2.24, 2.45) is 0 Å². The predicted octanol–water partition coefficient (Wildman–Crippen LogP) is 2.41. The molecule has 3 fully saturated rings. The number of aromatic nitrogens is 4. The molecule has 0 amide bonds. The molecule has 2 aromatic heterocycles. The number of nitrogens with zero attached hydrogens (tertiary/aromatic N) is 6. The maximum Gasteiger partial charge on any atom is 0.226 e. The summed E-state index contributed by atoms with van der Waals surface area (Å²) < 4.78 is 5.51. The summed E-state index contributed by atoms with van der Waals surface area (Å²) in [5, 5.41) is 23.2. The summed E-state index contributed by atoms with van der Waals surface area (Å²) in [6.45, 7) is 5.91. The molecule has 5 heterocycles. The van der Waals surface area contributed by atoms with Gasteiger partial charge in [-0.15, -0.1) is 0 Å². The van der Waals surface area contributed by atoms with Gasteiger partial charge >= 0.3 is 0 Å². The SMILES string of the molecule is Cc1cc(Nc2cc(N3CCOCC3)nc(N[C@@H]3C[C@H]4CC[C@@H](C3)N4CCC#N)n2)n[nH]1. The average Bonchev–Trinajstić information content (AvgIpc) is 3.31. The smallest absolute Gasteiger partial charge is 0.226 e. The fraction of sp³-hybridized carbons (Fsp3) is 0.636. The molecular formula is C22H31N9O. The topological polar surface area (TPSA) is 118 Å². The van der Waals surface area contributed by atoms with Gasteiger partial charge in [0.15, 0.2) is 5.82 Å². The number of fused-ring (bicyclic) bond motifs is 2. The van der Waals surface area contributed by atoms with Crippen molar-refractivity contribution in [3.8, 4) is 6.07 Å². The fourth-order valence-corrected chi connectivity index (χ4v) is 5.25. The number of nitrogens with one attached hydrogen (secondary N) is 3. The van der Waals surface area contributed by atoms with Gasteiger partial charge in [-0.3, -0.25) is 10.00 Å². The monoisotopic (exact) mass is 437 g/mol. The van der Waals surface area contributed by atoms with Crippen LogP contribution in [0.4, 0.5) is 23.4 Å². The van der Waals surface area contributed by atoms with Gasteiger partial charge in [-0.25, -0.2) is 0 Å². The zero-order valence-electron chi connectivity index (χ0n) is 18.5. The first-order chi connectivity index (χ1) is 15.7. The highest BCUT2D eigenvalue weighted by molar-refractivity contribution is 5.59. The van der Waals surface area contributed by atoms with E-state index >= 15 is 0 Å². The van der Waals surface area contributed by atoms with E-state index in [-0.39, 0.29) is 0 Å². The molecule has 5 rings (SSSR count). The second-order valence-electron chi connectivity index (χ2n) is 8.94. The quantitative estimate of drug-likeness (QED) is 0.600. The lowest BCUT2D eigenvalue weighted by Gasteiger charge is -2.39. The molecular weight excluding hydrogens is 406 g/mol. The van der Waals surface area contributed by atoms with Gasteiger partial charge in [0.25, 0.3) is 0 Å². The van der Waals surface area contributed by atoms with Gasteiger partial charge in [-0.05, 0) is 32.6 Å². The number of piperidine rings is 1. The molecule has 2 aromatic rings. The third-order valence-electron chi connectivity index (χ3n) is 6.71. The summed E-state index contributed by atoms with van der Waals surface area (Å²) in [5.74, 6) is 3.02. The molecule has 0 aliphatic carbocycles. The Bertz CT molecular complexity index is 951. The van der Waals surface area contributed by atoms with Gasteiger partial charge < -0.3 is 20.3 Å². The Morgan fingerprint density at radius 2 is 1.94 bits per heavy atom. The Morgan fingerprint density at radius 1 is 1.16 bits per heavy atom. The van der Waals surface area contributed by atoms with Crippen molar-refractivity contribution >= 4 is 23.4 Å². The van der Waals surface area contributed by atoms with E-state index in [9.17, 15) is 0 Å². The molecule has 0 aromatic carbocycles. The third-order valence-corrected chi connectivity index (χ3v) is 6.71. The Kier molecular flexibility index (Phi) is 6.10. The summed E-state index contributed by atoms with van der Waals surface area (Å²) in [6, 6.07) is 7.67. The van der Waals surface area contributed by atoms with Crippen molar-refractivity contribution < 1.29 is 4.74 Å². The maximum absolute atomic E-state index is 8.97. The van der Waals surface area contributed by atoms with E-state index in [0.29, 0.717) is 43.7 Å². The molecule has 3 saturated heterocycles. The largest absolute Gasteiger partial charge is 0.378 e. The van der Waals surface area contributed by atoms with Crippen LogP contribution in [0.2, 0.25) is 0 Å². The number of nitriles is 1. The van der Waals surface area contributed by atoms with Gasteiger partial charge in [0, 0.05) is 62.0 Å². The van der Waals surface area contributed by atoms with Gasteiger partial charge in [0.1, 0.15) is 11.6 Å². The minimum absolute atomic E-state index is 0.339. The number of ether oxygens (including phenoxy) is 1. The highest BCUT2D eigenvalue weighted by Gasteiger charge is 2.40. The number of rotatable bonds is 7. The first-order valence-electron chi connectivity index (χ1n) is 11.6. The molecule has 0 spiro atoms. The van der Waals surface area contributed by atoms with E-state index in [1.807, 2.05) is 19.1 Å². The summed E-state index contributed by atoms with van der Waals surface area (Å²) in [6.07, 6.45) is 5.17. The van der Waals surface area contributed by atoms with Crippen LogP contribution in [-0.2, 0) is 4.74 Å². The Labute approximate surface area is 188 Å². The maximum atomic E-state index is 8.97. The fourth-order valence-electron chi connectivity index (χ4n) is 5.25. The Hall–Kier alpha value is -2.90. The van der Waals surface area contributed by atoms with Crippen molar-refractivity contribution in [2.45, 2.75) is 57.2 Å². The van der Waals surface area contributed by atoms with Crippen molar-refractivity contribution in [2.75, 3.05) is 48.4 Å². The number of hydrogen-bond donors (Lipinski definition) is 3. The first kappa shape index (κ1) is 21.0. The summed E-state index contributed by atoms with van der Waals surface area (Å²) >= 11 is 0. The van der Waals surface area contributed by atoms with Crippen LogP contribution in [0.25, 0.3) is 0 Å². The van der Waals surface area contributed by atoms with Crippen LogP contribution in [0, 0.1) is 18.3 Å². The normalized spacial score (nSPS) is 25.5. The first-order valence-corrected chi connectivity index (χ1v) is 11.6. The number of morpholine rings is 1. The zero-order chi connectivity index (χ0) is 21.9. The number of aryl methyl sites for hydroxylation is 1. The van der Waals surface area contributed by atoms with E-state index in [1.54, 1.807) is 0 Å². The molecule has 3 atom stereocenters. The molecule has 0 unspecified atom stereocenters. The molecule has 10 nitrogen and oxygen atoms in total. The van der Waals surface area contributed by atoms with Gasteiger partial charge in [-0.1, -0.05) is 0 Å². The second-order valence-corrected chi connectivity index (χ2v) is 8.94. The van der Waals surface area contributed by atoms with E-state index in [0.717, 1.165) is 55.6 Å². The zero-order valence-corrected chi connectivity index (χ0v) is 18.5. The number of aromatic amines is 1. The second kappa shape index (κ2) is 9.30. The average molecular weight is 438 g/mol. The van der Waals surface area contributed by atoms with Gasteiger partial charge in [0.05, 0.1) is 19.3 Å². The van der Waals surface area contributed by atoms with E-state index in [1.165, 1.54) is 12.8 Å². The molecule has 0 saturated carbocycles. The van der Waals surface area contributed by atoms with Crippen LogP contribution in [0.15, 0.2) is 12.1 Å². The Morgan fingerprint density at radius 3 is 2.62 bits per heavy atom.